The molecular weight excluding hydrogens is 389 g/mol. The molecule has 0 saturated carbocycles. The first-order valence-corrected chi connectivity index (χ1v) is 10.9. The molecule has 31 heavy (non-hydrogen) atoms. The van der Waals surface area contributed by atoms with E-state index in [2.05, 4.69) is 45.2 Å². The lowest BCUT2D eigenvalue weighted by Crippen LogP contribution is -2.59. The average molecular weight is 420 g/mol. The van der Waals surface area contributed by atoms with E-state index in [0.717, 1.165) is 16.3 Å². The minimum atomic E-state index is -0.595. The van der Waals surface area contributed by atoms with E-state index in [9.17, 15) is 9.18 Å². The molecule has 1 aliphatic heterocycles. The van der Waals surface area contributed by atoms with Gasteiger partial charge in [0.2, 0.25) is 0 Å². The highest BCUT2D eigenvalue weighted by Crippen LogP contribution is 2.32. The van der Waals surface area contributed by atoms with E-state index in [-0.39, 0.29) is 28.7 Å². The van der Waals surface area contributed by atoms with Crippen molar-refractivity contribution in [2.45, 2.75) is 63.6 Å². The van der Waals surface area contributed by atoms with Crippen LogP contribution in [0.3, 0.4) is 0 Å². The molecule has 0 bridgehead atoms. The number of ether oxygens (including phenoxy) is 1. The van der Waals surface area contributed by atoms with Crippen LogP contribution in [0.5, 0.6) is 0 Å². The zero-order valence-electron chi connectivity index (χ0n) is 18.6. The Labute approximate surface area is 183 Å². The average Bonchev–Trinajstić information content (AvgIpc) is 2.93. The number of esters is 1. The first-order chi connectivity index (χ1) is 14.6. The highest BCUT2D eigenvalue weighted by Gasteiger charge is 2.39. The summed E-state index contributed by atoms with van der Waals surface area (Å²) in [6, 6.07) is 8.99. The van der Waals surface area contributed by atoms with Gasteiger partial charge in [0.25, 0.3) is 0 Å². The van der Waals surface area contributed by atoms with Crippen molar-refractivity contribution in [2.24, 2.45) is 0 Å². The Morgan fingerprint density at radius 2 is 1.58 bits per heavy atom. The number of hydrogen-bond acceptors (Lipinski definition) is 3. The third kappa shape index (κ3) is 4.96. The van der Waals surface area contributed by atoms with Gasteiger partial charge in [-0.1, -0.05) is 54.7 Å². The summed E-state index contributed by atoms with van der Waals surface area (Å²) in [5.74, 6) is -1.00. The fraction of sp³-hybridized carbons (Fsp3) is 0.370. The van der Waals surface area contributed by atoms with E-state index in [1.807, 2.05) is 42.5 Å². The lowest BCUT2D eigenvalue weighted by Gasteiger charge is -2.45. The molecule has 0 unspecified atom stereocenters. The molecule has 4 heteroatoms. The molecule has 3 nitrogen and oxygen atoms in total. The Hall–Kier alpha value is -2.72. The van der Waals surface area contributed by atoms with Crippen molar-refractivity contribution in [1.82, 2.24) is 5.32 Å². The summed E-state index contributed by atoms with van der Waals surface area (Å²) in [5, 5.41) is 5.16. The lowest BCUT2D eigenvalue weighted by molar-refractivity contribution is -0.00672. The quantitative estimate of drug-likeness (QED) is 0.601. The second kappa shape index (κ2) is 8.08. The Kier molecular flexibility index (Phi) is 5.61. The SMILES string of the molecule is CC1(C)CC(OC(=O)c2cc3ccc(C4C=CC=CC=C4)cc3cc2F)CC(C)(C)N1. The van der Waals surface area contributed by atoms with Crippen molar-refractivity contribution in [3.8, 4) is 0 Å². The number of carbonyl (C=O) groups excluding carboxylic acids is 1. The predicted molar refractivity (Wildman–Crippen MR) is 124 cm³/mol. The molecule has 2 aromatic rings. The molecule has 0 aromatic heterocycles. The second-order valence-corrected chi connectivity index (χ2v) is 9.95. The summed E-state index contributed by atoms with van der Waals surface area (Å²) in [6.07, 6.45) is 13.3. The van der Waals surface area contributed by atoms with E-state index in [4.69, 9.17) is 4.74 Å². The van der Waals surface area contributed by atoms with Crippen LogP contribution in [0.2, 0.25) is 0 Å². The van der Waals surface area contributed by atoms with Gasteiger partial charge >= 0.3 is 5.97 Å². The van der Waals surface area contributed by atoms with Gasteiger partial charge in [-0.2, -0.15) is 0 Å². The number of benzene rings is 2. The summed E-state index contributed by atoms with van der Waals surface area (Å²) in [5.41, 5.74) is 0.772. The van der Waals surface area contributed by atoms with Crippen molar-refractivity contribution in [1.29, 1.82) is 0 Å². The van der Waals surface area contributed by atoms with Gasteiger partial charge in [0, 0.05) is 29.8 Å². The van der Waals surface area contributed by atoms with E-state index in [1.165, 1.54) is 6.07 Å². The molecule has 1 fully saturated rings. The Morgan fingerprint density at radius 3 is 2.23 bits per heavy atom. The molecular formula is C27H30FNO2. The van der Waals surface area contributed by atoms with Crippen molar-refractivity contribution in [3.05, 3.63) is 83.7 Å². The summed E-state index contributed by atoms with van der Waals surface area (Å²) < 4.78 is 20.7. The fourth-order valence-electron chi connectivity index (χ4n) is 4.96. The zero-order chi connectivity index (χ0) is 22.2. The number of hydrogen-bond donors (Lipinski definition) is 1. The van der Waals surface area contributed by atoms with Gasteiger partial charge in [-0.3, -0.25) is 0 Å². The maximum absolute atomic E-state index is 14.9. The summed E-state index contributed by atoms with van der Waals surface area (Å²) in [6.45, 7) is 8.38. The van der Waals surface area contributed by atoms with Crippen LogP contribution < -0.4 is 5.32 Å². The van der Waals surface area contributed by atoms with Gasteiger partial charge in [-0.25, -0.2) is 9.18 Å². The van der Waals surface area contributed by atoms with Crippen LogP contribution in [0.15, 0.2) is 66.8 Å². The molecule has 0 amide bonds. The van der Waals surface area contributed by atoms with Crippen LogP contribution in [-0.4, -0.2) is 23.2 Å². The van der Waals surface area contributed by atoms with E-state index >= 15 is 0 Å². The van der Waals surface area contributed by atoms with Crippen LogP contribution >= 0.6 is 0 Å². The maximum Gasteiger partial charge on any atom is 0.341 e. The number of halogens is 1. The molecule has 1 N–H and O–H groups in total. The smallest absolute Gasteiger partial charge is 0.341 e. The third-order valence-corrected chi connectivity index (χ3v) is 5.95. The van der Waals surface area contributed by atoms with E-state index < -0.39 is 11.8 Å². The minimum Gasteiger partial charge on any atom is -0.459 e. The third-order valence-electron chi connectivity index (χ3n) is 5.95. The first kappa shape index (κ1) is 21.5. The monoisotopic (exact) mass is 419 g/mol. The van der Waals surface area contributed by atoms with E-state index in [1.54, 1.807) is 6.07 Å². The number of nitrogens with one attached hydrogen (secondary N) is 1. The number of allylic oxidation sites excluding steroid dienone is 6. The van der Waals surface area contributed by atoms with E-state index in [0.29, 0.717) is 12.8 Å². The topological polar surface area (TPSA) is 38.3 Å². The molecule has 0 radical (unpaired) electrons. The molecule has 0 atom stereocenters. The van der Waals surface area contributed by atoms with Crippen LogP contribution in [0.25, 0.3) is 10.8 Å². The number of fused-ring (bicyclic) bond motifs is 1. The molecule has 1 saturated heterocycles. The number of carbonyl (C=O) groups is 1. The Bertz CT molecular complexity index is 1060. The van der Waals surface area contributed by atoms with Gasteiger partial charge < -0.3 is 10.1 Å². The Morgan fingerprint density at radius 1 is 0.935 bits per heavy atom. The fourth-order valence-corrected chi connectivity index (χ4v) is 4.96. The van der Waals surface area contributed by atoms with Crippen LogP contribution in [0.1, 0.15) is 62.4 Å². The van der Waals surface area contributed by atoms with Crippen molar-refractivity contribution in [3.63, 3.8) is 0 Å². The normalized spacial score (nSPS) is 20.7. The standard InChI is InChI=1S/C27H30FNO2/c1-26(2)16-22(17-27(3,4)29-26)31-25(30)23-14-20-12-11-19(13-21(20)15-24(23)28)18-9-7-5-6-8-10-18/h5-15,18,22,29H,16-17H2,1-4H3. The molecule has 0 spiro atoms. The van der Waals surface area contributed by atoms with Gasteiger partial charge in [-0.05, 0) is 56.2 Å². The summed E-state index contributed by atoms with van der Waals surface area (Å²) in [4.78, 5) is 12.8. The highest BCUT2D eigenvalue weighted by atomic mass is 19.1. The largest absolute Gasteiger partial charge is 0.459 e. The molecule has 162 valence electrons. The molecule has 1 heterocycles. The predicted octanol–water partition coefficient (Wildman–Crippen LogP) is 6.21. The zero-order valence-corrected chi connectivity index (χ0v) is 18.6. The van der Waals surface area contributed by atoms with Crippen molar-refractivity contribution >= 4 is 16.7 Å². The molecule has 2 aromatic carbocycles. The molecule has 4 rings (SSSR count). The van der Waals surface area contributed by atoms with Gasteiger partial charge in [0.15, 0.2) is 0 Å². The van der Waals surface area contributed by atoms with Crippen LogP contribution in [-0.2, 0) is 4.74 Å². The molecule has 2 aliphatic rings. The summed E-state index contributed by atoms with van der Waals surface area (Å²) in [7, 11) is 0. The first-order valence-electron chi connectivity index (χ1n) is 10.9. The number of rotatable bonds is 3. The number of piperidine rings is 1. The molecule has 1 aliphatic carbocycles. The summed E-state index contributed by atoms with van der Waals surface area (Å²) >= 11 is 0. The Balaban J connectivity index is 1.57. The second-order valence-electron chi connectivity index (χ2n) is 9.95. The highest BCUT2D eigenvalue weighted by molar-refractivity contribution is 5.96. The van der Waals surface area contributed by atoms with Crippen molar-refractivity contribution in [2.75, 3.05) is 0 Å². The maximum atomic E-state index is 14.9. The van der Waals surface area contributed by atoms with Crippen LogP contribution in [0, 0.1) is 5.82 Å². The van der Waals surface area contributed by atoms with Gasteiger partial charge in [-0.15, -0.1) is 0 Å². The van der Waals surface area contributed by atoms with Crippen molar-refractivity contribution < 1.29 is 13.9 Å². The van der Waals surface area contributed by atoms with Crippen LogP contribution in [0.4, 0.5) is 4.39 Å². The lowest BCUT2D eigenvalue weighted by atomic mass is 9.81. The van der Waals surface area contributed by atoms with Gasteiger partial charge in [0.1, 0.15) is 11.9 Å². The minimum absolute atomic E-state index is 0.00662. The van der Waals surface area contributed by atoms with Gasteiger partial charge in [0.05, 0.1) is 5.56 Å².